The molecule has 66 valence electrons. The highest BCUT2D eigenvalue weighted by Gasteiger charge is 2.40. The molecule has 0 saturated carbocycles. The molecule has 0 radical (unpaired) electrons. The van der Waals surface area contributed by atoms with E-state index in [1.54, 1.807) is 7.05 Å². The average molecular weight is 165 g/mol. The highest BCUT2D eigenvalue weighted by molar-refractivity contribution is 5.95. The van der Waals surface area contributed by atoms with Crippen LogP contribution >= 0.6 is 0 Å². The summed E-state index contributed by atoms with van der Waals surface area (Å²) in [7, 11) is 3.83. The van der Waals surface area contributed by atoms with Crippen molar-refractivity contribution in [1.82, 2.24) is 4.90 Å². The van der Waals surface area contributed by atoms with Gasteiger partial charge in [-0.2, -0.15) is 0 Å². The van der Waals surface area contributed by atoms with E-state index in [2.05, 4.69) is 21.8 Å². The van der Waals surface area contributed by atoms with E-state index in [0.29, 0.717) is 0 Å². The minimum atomic E-state index is -0.373. The fourth-order valence-corrected chi connectivity index (χ4v) is 1.71. The molecular formula is C9H15N3. The lowest BCUT2D eigenvalue weighted by Gasteiger charge is -2.30. The van der Waals surface area contributed by atoms with Crippen molar-refractivity contribution in [1.29, 1.82) is 0 Å². The van der Waals surface area contributed by atoms with Gasteiger partial charge in [-0.15, -0.1) is 0 Å². The second-order valence-corrected chi connectivity index (χ2v) is 3.54. The number of likely N-dealkylation sites (N-methyl/N-ethyl adjacent to an activating group) is 1. The van der Waals surface area contributed by atoms with Gasteiger partial charge in [-0.25, -0.2) is 6.57 Å². The summed E-state index contributed by atoms with van der Waals surface area (Å²) in [4.78, 5) is 10.0. The molecule has 12 heavy (non-hydrogen) atoms. The molecule has 1 heterocycles. The molecule has 3 heteroatoms. The van der Waals surface area contributed by atoms with E-state index in [9.17, 15) is 0 Å². The van der Waals surface area contributed by atoms with Crippen LogP contribution in [0.15, 0.2) is 4.99 Å². The maximum atomic E-state index is 7.14. The van der Waals surface area contributed by atoms with Crippen LogP contribution in [0.2, 0.25) is 0 Å². The van der Waals surface area contributed by atoms with Crippen molar-refractivity contribution in [2.24, 2.45) is 4.99 Å². The predicted octanol–water partition coefficient (Wildman–Crippen LogP) is 1.07. The molecule has 0 N–H and O–H groups in total. The largest absolute Gasteiger partial charge is 0.303 e. The van der Waals surface area contributed by atoms with E-state index in [0.717, 1.165) is 25.2 Å². The lowest BCUT2D eigenvalue weighted by Crippen LogP contribution is -2.49. The first-order valence-corrected chi connectivity index (χ1v) is 4.15. The summed E-state index contributed by atoms with van der Waals surface area (Å²) in [6, 6.07) is 0. The SMILES string of the molecule is [C-]#[N+]C1(C)CN(C)CCC1=NC. The van der Waals surface area contributed by atoms with Gasteiger partial charge in [-0.1, -0.05) is 0 Å². The number of hydrogen-bond acceptors (Lipinski definition) is 2. The van der Waals surface area contributed by atoms with Crippen molar-refractivity contribution in [3.63, 3.8) is 0 Å². The lowest BCUT2D eigenvalue weighted by molar-refractivity contribution is 0.295. The smallest absolute Gasteiger partial charge is 0.279 e. The van der Waals surface area contributed by atoms with Gasteiger partial charge in [0.15, 0.2) is 0 Å². The Bertz CT molecular complexity index is 239. The van der Waals surface area contributed by atoms with Crippen molar-refractivity contribution < 1.29 is 0 Å². The summed E-state index contributed by atoms with van der Waals surface area (Å²) in [5.74, 6) is 0. The zero-order valence-corrected chi connectivity index (χ0v) is 7.96. The molecule has 1 atom stereocenters. The lowest BCUT2D eigenvalue weighted by atomic mass is 9.90. The van der Waals surface area contributed by atoms with Gasteiger partial charge >= 0.3 is 0 Å². The first-order valence-electron chi connectivity index (χ1n) is 4.15. The van der Waals surface area contributed by atoms with Gasteiger partial charge in [0.25, 0.3) is 5.54 Å². The zero-order chi connectivity index (χ0) is 9.19. The van der Waals surface area contributed by atoms with Crippen LogP contribution in [0.5, 0.6) is 0 Å². The fraction of sp³-hybridized carbons (Fsp3) is 0.778. The van der Waals surface area contributed by atoms with Gasteiger partial charge in [0.05, 0.1) is 12.3 Å². The third kappa shape index (κ3) is 1.49. The number of nitrogens with zero attached hydrogens (tertiary/aromatic N) is 3. The minimum absolute atomic E-state index is 0.373. The molecule has 0 aromatic heterocycles. The van der Waals surface area contributed by atoms with E-state index in [-0.39, 0.29) is 5.54 Å². The number of piperidine rings is 1. The number of likely N-dealkylation sites (tertiary alicyclic amines) is 1. The Kier molecular flexibility index (Phi) is 2.49. The molecule has 1 aliphatic rings. The van der Waals surface area contributed by atoms with E-state index in [4.69, 9.17) is 6.57 Å². The Morgan fingerprint density at radius 3 is 2.83 bits per heavy atom. The second kappa shape index (κ2) is 3.24. The van der Waals surface area contributed by atoms with E-state index >= 15 is 0 Å². The molecule has 1 unspecified atom stereocenters. The molecule has 0 amide bonds. The molecule has 0 aromatic rings. The third-order valence-electron chi connectivity index (χ3n) is 2.45. The first-order chi connectivity index (χ1) is 5.62. The molecular weight excluding hydrogens is 150 g/mol. The van der Waals surface area contributed by atoms with E-state index in [1.165, 1.54) is 0 Å². The van der Waals surface area contributed by atoms with Crippen LogP contribution in [-0.2, 0) is 0 Å². The van der Waals surface area contributed by atoms with Crippen molar-refractivity contribution >= 4 is 5.71 Å². The van der Waals surface area contributed by atoms with E-state index < -0.39 is 0 Å². The van der Waals surface area contributed by atoms with Crippen LogP contribution in [-0.4, -0.2) is 43.3 Å². The van der Waals surface area contributed by atoms with Crippen LogP contribution in [0.3, 0.4) is 0 Å². The van der Waals surface area contributed by atoms with Crippen molar-refractivity contribution in [3.8, 4) is 0 Å². The minimum Gasteiger partial charge on any atom is -0.303 e. The first kappa shape index (κ1) is 9.21. The number of rotatable bonds is 0. The van der Waals surface area contributed by atoms with Gasteiger partial charge in [-0.3, -0.25) is 9.89 Å². The summed E-state index contributed by atoms with van der Waals surface area (Å²) in [5, 5.41) is 0. The zero-order valence-electron chi connectivity index (χ0n) is 7.96. The number of aliphatic imine (C=N–C) groups is 1. The molecule has 3 nitrogen and oxygen atoms in total. The van der Waals surface area contributed by atoms with Crippen molar-refractivity contribution in [2.45, 2.75) is 18.9 Å². The van der Waals surface area contributed by atoms with Crippen LogP contribution in [0.25, 0.3) is 4.85 Å². The molecule has 0 aromatic carbocycles. The Morgan fingerprint density at radius 2 is 2.33 bits per heavy atom. The number of hydrogen-bond donors (Lipinski definition) is 0. The monoisotopic (exact) mass is 165 g/mol. The fourth-order valence-electron chi connectivity index (χ4n) is 1.71. The van der Waals surface area contributed by atoms with E-state index in [1.807, 2.05) is 6.92 Å². The molecule has 0 aliphatic carbocycles. The Hall–Kier alpha value is -0.880. The summed E-state index contributed by atoms with van der Waals surface area (Å²) in [6.07, 6.45) is 0.936. The Balaban J connectivity index is 2.87. The van der Waals surface area contributed by atoms with Crippen LogP contribution in [0, 0.1) is 6.57 Å². The molecule has 0 spiro atoms. The second-order valence-electron chi connectivity index (χ2n) is 3.54. The van der Waals surface area contributed by atoms with Crippen LogP contribution < -0.4 is 0 Å². The topological polar surface area (TPSA) is 20.0 Å². The molecule has 1 rings (SSSR count). The van der Waals surface area contributed by atoms with Gasteiger partial charge in [0.2, 0.25) is 0 Å². The third-order valence-corrected chi connectivity index (χ3v) is 2.45. The summed E-state index contributed by atoms with van der Waals surface area (Å²) in [6.45, 7) is 10.9. The van der Waals surface area contributed by atoms with Crippen molar-refractivity contribution in [3.05, 3.63) is 11.4 Å². The molecule has 1 fully saturated rings. The van der Waals surface area contributed by atoms with Gasteiger partial charge in [0, 0.05) is 26.9 Å². The van der Waals surface area contributed by atoms with Gasteiger partial charge in [-0.05, 0) is 7.05 Å². The normalized spacial score (nSPS) is 35.0. The molecule has 0 bridgehead atoms. The van der Waals surface area contributed by atoms with Crippen LogP contribution in [0.4, 0.5) is 0 Å². The summed E-state index contributed by atoms with van der Waals surface area (Å²) >= 11 is 0. The summed E-state index contributed by atoms with van der Waals surface area (Å²) in [5.41, 5.74) is 0.678. The molecule has 1 aliphatic heterocycles. The van der Waals surface area contributed by atoms with Crippen LogP contribution in [0.1, 0.15) is 13.3 Å². The highest BCUT2D eigenvalue weighted by Crippen LogP contribution is 2.21. The predicted molar refractivity (Wildman–Crippen MR) is 50.5 cm³/mol. The maximum absolute atomic E-state index is 7.14. The summed E-state index contributed by atoms with van der Waals surface area (Å²) < 4.78 is 0. The average Bonchev–Trinajstić information content (AvgIpc) is 2.05. The Morgan fingerprint density at radius 1 is 1.67 bits per heavy atom. The van der Waals surface area contributed by atoms with Gasteiger partial charge in [0.1, 0.15) is 0 Å². The van der Waals surface area contributed by atoms with Crippen molar-refractivity contribution in [2.75, 3.05) is 27.2 Å². The quantitative estimate of drug-likeness (QED) is 0.492. The van der Waals surface area contributed by atoms with Gasteiger partial charge < -0.3 is 4.85 Å². The Labute approximate surface area is 73.9 Å². The highest BCUT2D eigenvalue weighted by atomic mass is 15.1. The maximum Gasteiger partial charge on any atom is 0.279 e. The standard InChI is InChI=1S/C9H15N3/c1-9(11-3)7-12(4)6-5-8(9)10-2/h5-7H2,1-2,4H3. The molecule has 1 saturated heterocycles.